The molecule has 126 valence electrons. The lowest BCUT2D eigenvalue weighted by molar-refractivity contribution is -0.137. The molecular formula is C12H17N5O6. The Morgan fingerprint density at radius 1 is 1.39 bits per heavy atom. The van der Waals surface area contributed by atoms with Gasteiger partial charge in [-0.15, -0.1) is 0 Å². The quantitative estimate of drug-likeness (QED) is 0.402. The monoisotopic (exact) mass is 327 g/mol. The minimum Gasteiger partial charge on any atom is -0.480 e. The van der Waals surface area contributed by atoms with Crippen molar-refractivity contribution in [1.29, 1.82) is 0 Å². The van der Waals surface area contributed by atoms with Crippen LogP contribution in [0, 0.1) is 0 Å². The van der Waals surface area contributed by atoms with Crippen LogP contribution < -0.4 is 5.73 Å². The fourth-order valence-corrected chi connectivity index (χ4v) is 2.66. The minimum atomic E-state index is -1.27. The lowest BCUT2D eigenvalue weighted by Gasteiger charge is -2.28. The first-order valence-corrected chi connectivity index (χ1v) is 6.90. The van der Waals surface area contributed by atoms with Gasteiger partial charge in [-0.3, -0.25) is 9.36 Å². The highest BCUT2D eigenvalue weighted by Crippen LogP contribution is 2.36. The van der Waals surface area contributed by atoms with Gasteiger partial charge in [-0.2, -0.15) is 0 Å². The molecule has 2 aliphatic rings. The van der Waals surface area contributed by atoms with Gasteiger partial charge in [-0.1, -0.05) is 0 Å². The van der Waals surface area contributed by atoms with E-state index in [4.69, 9.17) is 20.7 Å². The third kappa shape index (κ3) is 2.58. The summed E-state index contributed by atoms with van der Waals surface area (Å²) in [7, 11) is 0. The fraction of sp³-hybridized carbons (Fsp3) is 0.583. The van der Waals surface area contributed by atoms with Crippen LogP contribution in [0.4, 0.5) is 5.82 Å². The van der Waals surface area contributed by atoms with Crippen LogP contribution in [0.1, 0.15) is 18.1 Å². The van der Waals surface area contributed by atoms with Crippen molar-refractivity contribution in [3.63, 3.8) is 0 Å². The standard InChI is InChI=1S/C12H17N5O6/c13-10-7-11(15-3-16(10)1-6(19)20)17(4-14-7)12-9(22)8(21)5(2-18)23-12/h3-5,8-10,12,18,21-22H,1-2,13H2,(H,19,20)/t5-,8?,9?,10?,12-/m1/s1. The molecule has 5 atom stereocenters. The average molecular weight is 327 g/mol. The Bertz CT molecular complexity index is 633. The number of nitrogens with two attached hydrogens (primary N) is 1. The predicted octanol–water partition coefficient (Wildman–Crippen LogP) is -2.49. The summed E-state index contributed by atoms with van der Waals surface area (Å²) in [6, 6.07) is 0. The number of aliphatic hydroxyl groups excluding tert-OH is 3. The normalized spacial score (nSPS) is 33.0. The summed E-state index contributed by atoms with van der Waals surface area (Å²) in [5.41, 5.74) is 6.29. The van der Waals surface area contributed by atoms with Crippen LogP contribution in [-0.2, 0) is 9.53 Å². The lowest BCUT2D eigenvalue weighted by Crippen LogP contribution is -2.39. The Balaban J connectivity index is 1.88. The van der Waals surface area contributed by atoms with E-state index >= 15 is 0 Å². The van der Waals surface area contributed by atoms with Crippen LogP contribution in [-0.4, -0.2) is 78.6 Å². The van der Waals surface area contributed by atoms with E-state index in [2.05, 4.69) is 9.98 Å². The van der Waals surface area contributed by atoms with E-state index < -0.39 is 43.3 Å². The molecule has 1 aromatic heterocycles. The van der Waals surface area contributed by atoms with Gasteiger partial charge in [0.15, 0.2) is 12.0 Å². The second kappa shape index (κ2) is 5.86. The number of hydrogen-bond acceptors (Lipinski definition) is 9. The lowest BCUT2D eigenvalue weighted by atomic mass is 10.1. The largest absolute Gasteiger partial charge is 0.480 e. The summed E-state index contributed by atoms with van der Waals surface area (Å²) in [4.78, 5) is 20.3. The van der Waals surface area contributed by atoms with Crippen LogP contribution in [0.25, 0.3) is 0 Å². The first-order chi connectivity index (χ1) is 10.9. The second-order valence-electron chi connectivity index (χ2n) is 5.35. The van der Waals surface area contributed by atoms with Gasteiger partial charge in [-0.25, -0.2) is 9.98 Å². The smallest absolute Gasteiger partial charge is 0.323 e. The van der Waals surface area contributed by atoms with E-state index in [-0.39, 0.29) is 6.54 Å². The maximum Gasteiger partial charge on any atom is 0.323 e. The van der Waals surface area contributed by atoms with Crippen LogP contribution in [0.3, 0.4) is 0 Å². The fourth-order valence-electron chi connectivity index (χ4n) is 2.66. The van der Waals surface area contributed by atoms with Crippen molar-refractivity contribution in [3.8, 4) is 0 Å². The third-order valence-electron chi connectivity index (χ3n) is 3.87. The van der Waals surface area contributed by atoms with Gasteiger partial charge >= 0.3 is 5.97 Å². The van der Waals surface area contributed by atoms with Crippen molar-refractivity contribution in [2.24, 2.45) is 10.7 Å². The molecule has 2 aliphatic heterocycles. The van der Waals surface area contributed by atoms with Gasteiger partial charge in [0, 0.05) is 0 Å². The topological polar surface area (TPSA) is 167 Å². The highest BCUT2D eigenvalue weighted by molar-refractivity contribution is 5.75. The predicted molar refractivity (Wildman–Crippen MR) is 74.7 cm³/mol. The zero-order valence-electron chi connectivity index (χ0n) is 11.9. The number of carbonyl (C=O) groups is 1. The van der Waals surface area contributed by atoms with E-state index in [9.17, 15) is 15.0 Å². The van der Waals surface area contributed by atoms with Gasteiger partial charge in [0.1, 0.15) is 36.7 Å². The van der Waals surface area contributed by atoms with Gasteiger partial charge in [0.25, 0.3) is 0 Å². The number of carboxylic acids is 1. The first-order valence-electron chi connectivity index (χ1n) is 6.90. The van der Waals surface area contributed by atoms with Gasteiger partial charge in [0.05, 0.1) is 19.3 Å². The summed E-state index contributed by atoms with van der Waals surface area (Å²) in [5.74, 6) is -0.757. The molecule has 0 spiro atoms. The molecule has 0 saturated carbocycles. The summed E-state index contributed by atoms with van der Waals surface area (Å²) < 4.78 is 6.82. The molecule has 6 N–H and O–H groups in total. The Morgan fingerprint density at radius 2 is 2.13 bits per heavy atom. The Hall–Kier alpha value is -2.05. The number of hydrogen-bond donors (Lipinski definition) is 5. The number of aliphatic hydroxyl groups is 3. The van der Waals surface area contributed by atoms with E-state index in [0.717, 1.165) is 0 Å². The van der Waals surface area contributed by atoms with E-state index in [0.29, 0.717) is 11.5 Å². The number of carboxylic acid groups (broad SMARTS) is 1. The molecule has 0 aliphatic carbocycles. The summed E-state index contributed by atoms with van der Waals surface area (Å²) in [6.07, 6.45) is -2.60. The highest BCUT2D eigenvalue weighted by atomic mass is 16.6. The number of aromatic nitrogens is 2. The molecule has 1 fully saturated rings. The van der Waals surface area contributed by atoms with Gasteiger partial charge < -0.3 is 35.8 Å². The summed E-state index contributed by atoms with van der Waals surface area (Å²) in [5, 5.41) is 37.9. The van der Waals surface area contributed by atoms with Crippen molar-refractivity contribution < 1.29 is 30.0 Å². The van der Waals surface area contributed by atoms with Gasteiger partial charge in [0.2, 0.25) is 0 Å². The third-order valence-corrected chi connectivity index (χ3v) is 3.87. The number of imidazole rings is 1. The van der Waals surface area contributed by atoms with E-state index in [1.54, 1.807) is 0 Å². The maximum atomic E-state index is 10.8. The zero-order valence-corrected chi connectivity index (χ0v) is 11.9. The zero-order chi connectivity index (χ0) is 16.7. The first kappa shape index (κ1) is 15.8. The van der Waals surface area contributed by atoms with Crippen LogP contribution >= 0.6 is 0 Å². The van der Waals surface area contributed by atoms with Crippen LogP contribution in [0.5, 0.6) is 0 Å². The molecular weight excluding hydrogens is 310 g/mol. The molecule has 3 heterocycles. The van der Waals surface area contributed by atoms with Gasteiger partial charge in [-0.05, 0) is 0 Å². The van der Waals surface area contributed by atoms with Crippen molar-refractivity contribution in [2.45, 2.75) is 30.7 Å². The molecule has 11 nitrogen and oxygen atoms in total. The maximum absolute atomic E-state index is 10.8. The number of aliphatic carboxylic acids is 1. The number of aliphatic imine (C=N–C) groups is 1. The molecule has 0 amide bonds. The van der Waals surface area contributed by atoms with E-state index in [1.807, 2.05) is 0 Å². The molecule has 23 heavy (non-hydrogen) atoms. The van der Waals surface area contributed by atoms with Crippen molar-refractivity contribution in [3.05, 3.63) is 12.0 Å². The molecule has 0 radical (unpaired) electrons. The summed E-state index contributed by atoms with van der Waals surface area (Å²) >= 11 is 0. The number of fused-ring (bicyclic) bond motifs is 1. The highest BCUT2D eigenvalue weighted by Gasteiger charge is 2.44. The van der Waals surface area contributed by atoms with Crippen molar-refractivity contribution in [2.75, 3.05) is 13.2 Å². The number of rotatable bonds is 4. The number of nitrogens with zero attached hydrogens (tertiary/aromatic N) is 4. The molecule has 1 saturated heterocycles. The Labute approximate surface area is 130 Å². The SMILES string of the molecule is NC1c2ncn([C@@H]3O[C@H](CO)C(O)C3O)c2N=CN1CC(=O)O. The molecule has 1 aromatic rings. The summed E-state index contributed by atoms with van der Waals surface area (Å²) in [6.45, 7) is -0.772. The second-order valence-corrected chi connectivity index (χ2v) is 5.35. The minimum absolute atomic E-state index is 0.300. The van der Waals surface area contributed by atoms with Crippen LogP contribution in [0.15, 0.2) is 11.3 Å². The van der Waals surface area contributed by atoms with Crippen molar-refractivity contribution >= 4 is 18.1 Å². The molecule has 0 bridgehead atoms. The van der Waals surface area contributed by atoms with Crippen molar-refractivity contribution in [1.82, 2.24) is 14.5 Å². The average Bonchev–Trinajstić information content (AvgIpc) is 3.05. The Morgan fingerprint density at radius 3 is 2.74 bits per heavy atom. The van der Waals surface area contributed by atoms with E-state index in [1.165, 1.54) is 22.1 Å². The molecule has 3 unspecified atom stereocenters. The number of ether oxygens (including phenoxy) is 1. The Kier molecular flexibility index (Phi) is 4.04. The molecule has 11 heteroatoms. The molecule has 3 rings (SSSR count). The van der Waals surface area contributed by atoms with Crippen LogP contribution in [0.2, 0.25) is 0 Å². The molecule has 0 aromatic carbocycles.